The fourth-order valence-electron chi connectivity index (χ4n) is 2.97. The summed E-state index contributed by atoms with van der Waals surface area (Å²) in [4.78, 5) is 15.9. The number of carbonyl (C=O) groups excluding carboxylic acids is 1. The Labute approximate surface area is 121 Å². The Morgan fingerprint density at radius 2 is 2.15 bits per heavy atom. The third-order valence-electron chi connectivity index (χ3n) is 3.91. The SMILES string of the molecule is CN(Cc1ccccc1)C[C@H]1CCCN(C(=O)CN)C1. The van der Waals surface area contributed by atoms with Gasteiger partial charge in [-0.25, -0.2) is 0 Å². The van der Waals surface area contributed by atoms with E-state index in [4.69, 9.17) is 5.73 Å². The lowest BCUT2D eigenvalue weighted by molar-refractivity contribution is -0.131. The van der Waals surface area contributed by atoms with Gasteiger partial charge in [0.2, 0.25) is 5.91 Å². The summed E-state index contributed by atoms with van der Waals surface area (Å²) in [5.74, 6) is 0.647. The first-order valence-electron chi connectivity index (χ1n) is 7.39. The highest BCUT2D eigenvalue weighted by atomic mass is 16.2. The minimum absolute atomic E-state index is 0.0837. The number of rotatable bonds is 5. The van der Waals surface area contributed by atoms with Crippen LogP contribution in [-0.4, -0.2) is 48.9 Å². The van der Waals surface area contributed by atoms with Gasteiger partial charge < -0.3 is 15.5 Å². The van der Waals surface area contributed by atoms with Crippen LogP contribution in [0.3, 0.4) is 0 Å². The molecule has 1 aliphatic heterocycles. The van der Waals surface area contributed by atoms with E-state index < -0.39 is 0 Å². The van der Waals surface area contributed by atoms with Crippen LogP contribution >= 0.6 is 0 Å². The van der Waals surface area contributed by atoms with Gasteiger partial charge in [0.1, 0.15) is 0 Å². The van der Waals surface area contributed by atoms with E-state index in [0.717, 1.165) is 32.6 Å². The van der Waals surface area contributed by atoms with Crippen molar-refractivity contribution in [2.75, 3.05) is 33.2 Å². The highest BCUT2D eigenvalue weighted by Gasteiger charge is 2.23. The molecular weight excluding hydrogens is 250 g/mol. The predicted molar refractivity (Wildman–Crippen MR) is 81.1 cm³/mol. The van der Waals surface area contributed by atoms with Gasteiger partial charge in [0, 0.05) is 26.2 Å². The normalized spacial score (nSPS) is 19.4. The second kappa shape index (κ2) is 7.41. The summed E-state index contributed by atoms with van der Waals surface area (Å²) in [7, 11) is 2.15. The van der Waals surface area contributed by atoms with Crippen molar-refractivity contribution >= 4 is 5.91 Å². The van der Waals surface area contributed by atoms with E-state index in [-0.39, 0.29) is 12.5 Å². The lowest BCUT2D eigenvalue weighted by Crippen LogP contribution is -2.45. The summed E-state index contributed by atoms with van der Waals surface area (Å²) in [6.45, 7) is 3.85. The molecule has 1 atom stereocenters. The van der Waals surface area contributed by atoms with Crippen molar-refractivity contribution in [3.8, 4) is 0 Å². The molecular formula is C16H25N3O. The maximum absolute atomic E-state index is 11.7. The summed E-state index contributed by atoms with van der Waals surface area (Å²) in [5, 5.41) is 0. The fourth-order valence-corrected chi connectivity index (χ4v) is 2.97. The summed E-state index contributed by atoms with van der Waals surface area (Å²) >= 11 is 0. The highest BCUT2D eigenvalue weighted by molar-refractivity contribution is 5.78. The van der Waals surface area contributed by atoms with Gasteiger partial charge in [-0.2, -0.15) is 0 Å². The number of piperidine rings is 1. The average Bonchev–Trinajstić information content (AvgIpc) is 2.47. The number of benzene rings is 1. The van der Waals surface area contributed by atoms with Crippen molar-refractivity contribution in [3.63, 3.8) is 0 Å². The predicted octanol–water partition coefficient (Wildman–Crippen LogP) is 1.32. The molecule has 4 nitrogen and oxygen atoms in total. The number of hydrogen-bond donors (Lipinski definition) is 1. The van der Waals surface area contributed by atoms with Crippen molar-refractivity contribution in [1.82, 2.24) is 9.80 Å². The van der Waals surface area contributed by atoms with Gasteiger partial charge >= 0.3 is 0 Å². The maximum Gasteiger partial charge on any atom is 0.236 e. The van der Waals surface area contributed by atoms with Gasteiger partial charge in [0.05, 0.1) is 6.54 Å². The highest BCUT2D eigenvalue weighted by Crippen LogP contribution is 2.18. The second-order valence-electron chi connectivity index (χ2n) is 5.73. The van der Waals surface area contributed by atoms with Crippen LogP contribution in [0.5, 0.6) is 0 Å². The van der Waals surface area contributed by atoms with Gasteiger partial charge in [0.25, 0.3) is 0 Å². The van der Waals surface area contributed by atoms with Gasteiger partial charge in [-0.1, -0.05) is 30.3 Å². The topological polar surface area (TPSA) is 49.6 Å². The molecule has 2 rings (SSSR count). The Morgan fingerprint density at radius 3 is 2.85 bits per heavy atom. The molecule has 110 valence electrons. The molecule has 1 saturated heterocycles. The Bertz CT molecular complexity index is 421. The summed E-state index contributed by atoms with van der Waals surface area (Å²) in [6, 6.07) is 10.5. The van der Waals surface area contributed by atoms with E-state index in [2.05, 4.69) is 36.2 Å². The van der Waals surface area contributed by atoms with E-state index in [1.165, 1.54) is 12.0 Å². The Morgan fingerprint density at radius 1 is 1.40 bits per heavy atom. The van der Waals surface area contributed by atoms with Crippen LogP contribution in [0, 0.1) is 5.92 Å². The van der Waals surface area contributed by atoms with Crippen LogP contribution in [0.2, 0.25) is 0 Å². The molecule has 2 N–H and O–H groups in total. The Kier molecular flexibility index (Phi) is 5.56. The smallest absolute Gasteiger partial charge is 0.236 e. The van der Waals surface area contributed by atoms with Crippen molar-refractivity contribution in [3.05, 3.63) is 35.9 Å². The average molecular weight is 275 g/mol. The molecule has 0 aromatic heterocycles. The number of nitrogens with zero attached hydrogens (tertiary/aromatic N) is 2. The molecule has 1 amide bonds. The van der Waals surface area contributed by atoms with Gasteiger partial charge in [-0.15, -0.1) is 0 Å². The fraction of sp³-hybridized carbons (Fsp3) is 0.562. The molecule has 4 heteroatoms. The van der Waals surface area contributed by atoms with Crippen LogP contribution in [0.4, 0.5) is 0 Å². The van der Waals surface area contributed by atoms with Crippen molar-refractivity contribution in [2.45, 2.75) is 19.4 Å². The first-order chi connectivity index (χ1) is 9.69. The Balaban J connectivity index is 1.81. The standard InChI is InChI=1S/C16H25N3O/c1-18(11-14-6-3-2-4-7-14)12-15-8-5-9-19(13-15)16(20)10-17/h2-4,6-7,15H,5,8-13,17H2,1H3/t15-/m1/s1. The molecule has 0 bridgehead atoms. The van der Waals surface area contributed by atoms with Crippen LogP contribution < -0.4 is 5.73 Å². The van der Waals surface area contributed by atoms with Crippen molar-refractivity contribution < 1.29 is 4.79 Å². The lowest BCUT2D eigenvalue weighted by atomic mass is 9.97. The number of carbonyl (C=O) groups is 1. The summed E-state index contributed by atoms with van der Waals surface area (Å²) in [6.07, 6.45) is 2.29. The molecule has 1 aromatic rings. The van der Waals surface area contributed by atoms with Gasteiger partial charge in [0.15, 0.2) is 0 Å². The van der Waals surface area contributed by atoms with Crippen LogP contribution in [0.25, 0.3) is 0 Å². The zero-order valence-corrected chi connectivity index (χ0v) is 12.3. The van der Waals surface area contributed by atoms with Crippen molar-refractivity contribution in [2.24, 2.45) is 11.7 Å². The number of nitrogens with two attached hydrogens (primary N) is 1. The summed E-state index contributed by atoms with van der Waals surface area (Å²) in [5.41, 5.74) is 6.78. The van der Waals surface area contributed by atoms with Gasteiger partial charge in [-0.3, -0.25) is 4.79 Å². The monoisotopic (exact) mass is 275 g/mol. The van der Waals surface area contributed by atoms with Gasteiger partial charge in [-0.05, 0) is 31.4 Å². The molecule has 20 heavy (non-hydrogen) atoms. The molecule has 1 fully saturated rings. The van der Waals surface area contributed by atoms with Crippen LogP contribution in [0.15, 0.2) is 30.3 Å². The van der Waals surface area contributed by atoms with E-state index >= 15 is 0 Å². The minimum atomic E-state index is 0.0837. The third kappa shape index (κ3) is 4.32. The second-order valence-corrected chi connectivity index (χ2v) is 5.73. The molecule has 0 radical (unpaired) electrons. The molecule has 0 aliphatic carbocycles. The molecule has 1 heterocycles. The third-order valence-corrected chi connectivity index (χ3v) is 3.91. The summed E-state index contributed by atoms with van der Waals surface area (Å²) < 4.78 is 0. The number of amides is 1. The largest absolute Gasteiger partial charge is 0.341 e. The van der Waals surface area contributed by atoms with Crippen LogP contribution in [-0.2, 0) is 11.3 Å². The quantitative estimate of drug-likeness (QED) is 0.881. The first-order valence-corrected chi connectivity index (χ1v) is 7.39. The van der Waals surface area contributed by atoms with E-state index in [1.54, 1.807) is 0 Å². The van der Waals surface area contributed by atoms with E-state index in [0.29, 0.717) is 5.92 Å². The number of hydrogen-bond acceptors (Lipinski definition) is 3. The van der Waals surface area contributed by atoms with Crippen LogP contribution in [0.1, 0.15) is 18.4 Å². The van der Waals surface area contributed by atoms with E-state index in [1.807, 2.05) is 11.0 Å². The first kappa shape index (κ1) is 15.0. The minimum Gasteiger partial charge on any atom is -0.341 e. The lowest BCUT2D eigenvalue weighted by Gasteiger charge is -2.34. The Hall–Kier alpha value is -1.39. The van der Waals surface area contributed by atoms with E-state index in [9.17, 15) is 4.79 Å². The van der Waals surface area contributed by atoms with Crippen molar-refractivity contribution in [1.29, 1.82) is 0 Å². The maximum atomic E-state index is 11.7. The molecule has 1 aromatic carbocycles. The zero-order valence-electron chi connectivity index (χ0n) is 12.3. The zero-order chi connectivity index (χ0) is 14.4. The number of likely N-dealkylation sites (tertiary alicyclic amines) is 1. The molecule has 0 unspecified atom stereocenters. The molecule has 1 aliphatic rings. The molecule has 0 spiro atoms. The molecule has 0 saturated carbocycles.